The molecule has 0 radical (unpaired) electrons. The second-order valence-electron chi connectivity index (χ2n) is 7.55. The molecule has 7 nitrogen and oxygen atoms in total. The number of hydrogen-bond donors (Lipinski definition) is 0. The summed E-state index contributed by atoms with van der Waals surface area (Å²) in [4.78, 5) is 31.1. The minimum Gasteiger partial charge on any atom is -0.466 e. The summed E-state index contributed by atoms with van der Waals surface area (Å²) in [5.41, 5.74) is 3.01. The molecule has 1 aliphatic carbocycles. The van der Waals surface area contributed by atoms with E-state index in [2.05, 4.69) is 16.1 Å². The lowest BCUT2D eigenvalue weighted by Crippen LogP contribution is -2.44. The van der Waals surface area contributed by atoms with Crippen molar-refractivity contribution in [1.29, 1.82) is 0 Å². The number of pyridine rings is 1. The maximum absolute atomic E-state index is 12.9. The highest BCUT2D eigenvalue weighted by Gasteiger charge is 2.31. The summed E-state index contributed by atoms with van der Waals surface area (Å²) in [6, 6.07) is 2.08. The number of piperidine rings is 1. The van der Waals surface area contributed by atoms with Gasteiger partial charge >= 0.3 is 5.97 Å². The van der Waals surface area contributed by atoms with Crippen LogP contribution in [0, 0.1) is 12.8 Å². The van der Waals surface area contributed by atoms with Crippen molar-refractivity contribution >= 4 is 22.9 Å². The summed E-state index contributed by atoms with van der Waals surface area (Å²) in [7, 11) is 0. The molecule has 1 saturated heterocycles. The first-order valence-electron chi connectivity index (χ1n) is 9.85. The van der Waals surface area contributed by atoms with Crippen LogP contribution in [-0.4, -0.2) is 51.2 Å². The molecule has 7 heteroatoms. The molecule has 27 heavy (non-hydrogen) atoms. The van der Waals surface area contributed by atoms with E-state index in [1.165, 1.54) is 18.4 Å². The lowest BCUT2D eigenvalue weighted by atomic mass is 9.98. The van der Waals surface area contributed by atoms with Gasteiger partial charge in [0, 0.05) is 24.7 Å². The minimum absolute atomic E-state index is 0.0213. The van der Waals surface area contributed by atoms with Crippen LogP contribution < -0.4 is 0 Å². The van der Waals surface area contributed by atoms with Crippen molar-refractivity contribution in [3.8, 4) is 0 Å². The Morgan fingerprint density at radius 3 is 2.85 bits per heavy atom. The number of esters is 1. The molecule has 2 aromatic heterocycles. The van der Waals surface area contributed by atoms with E-state index in [0.29, 0.717) is 25.6 Å². The third-order valence-electron chi connectivity index (χ3n) is 5.54. The van der Waals surface area contributed by atoms with Gasteiger partial charge in [-0.25, -0.2) is 9.67 Å². The number of ether oxygens (including phenoxy) is 1. The smallest absolute Gasteiger partial charge is 0.310 e. The molecule has 3 heterocycles. The number of carbonyl (C=O) groups excluding carboxylic acids is 2. The largest absolute Gasteiger partial charge is 0.466 e. The van der Waals surface area contributed by atoms with Crippen molar-refractivity contribution in [2.75, 3.05) is 19.7 Å². The lowest BCUT2D eigenvalue weighted by molar-refractivity contribution is -0.151. The lowest BCUT2D eigenvalue weighted by Gasteiger charge is -2.31. The van der Waals surface area contributed by atoms with Crippen LogP contribution in [0.1, 0.15) is 49.8 Å². The number of likely N-dealkylation sites (tertiary alicyclic amines) is 1. The number of nitrogens with zero attached hydrogens (tertiary/aromatic N) is 4. The highest BCUT2D eigenvalue weighted by atomic mass is 16.5. The van der Waals surface area contributed by atoms with E-state index in [1.807, 2.05) is 13.1 Å². The standard InChI is InChI=1S/C20H26N4O3/c1-3-27-20(26)15-5-4-10-23(11-15)17(25)12-24-19-18(13(2)22-24)16(8-9-21-19)14-6-7-14/h8-9,14-15H,3-7,10-12H2,1-2H3. The van der Waals surface area contributed by atoms with Crippen LogP contribution in [0.5, 0.6) is 0 Å². The molecular weight excluding hydrogens is 344 g/mol. The predicted molar refractivity (Wildman–Crippen MR) is 100 cm³/mol. The molecule has 0 N–H and O–H groups in total. The Morgan fingerprint density at radius 2 is 2.11 bits per heavy atom. The van der Waals surface area contributed by atoms with Crippen LogP contribution in [0.25, 0.3) is 11.0 Å². The summed E-state index contributed by atoms with van der Waals surface area (Å²) in [6.07, 6.45) is 5.84. The van der Waals surface area contributed by atoms with Crippen molar-refractivity contribution < 1.29 is 14.3 Å². The van der Waals surface area contributed by atoms with Crippen LogP contribution in [0.3, 0.4) is 0 Å². The van der Waals surface area contributed by atoms with Crippen LogP contribution in [0.4, 0.5) is 0 Å². The Bertz CT molecular complexity index is 871. The van der Waals surface area contributed by atoms with Gasteiger partial charge in [0.25, 0.3) is 0 Å². The first kappa shape index (κ1) is 17.9. The highest BCUT2D eigenvalue weighted by Crippen LogP contribution is 2.43. The van der Waals surface area contributed by atoms with E-state index in [9.17, 15) is 9.59 Å². The number of aromatic nitrogens is 3. The summed E-state index contributed by atoms with van der Waals surface area (Å²) in [5.74, 6) is 0.159. The number of rotatable bonds is 5. The molecule has 2 aromatic rings. The average Bonchev–Trinajstić information content (AvgIpc) is 3.47. The number of hydrogen-bond acceptors (Lipinski definition) is 5. The second kappa shape index (κ2) is 7.29. The molecule has 1 unspecified atom stereocenters. The molecule has 2 aliphatic rings. The van der Waals surface area contributed by atoms with Crippen molar-refractivity contribution in [3.63, 3.8) is 0 Å². The normalized spacial score (nSPS) is 20.1. The molecule has 144 valence electrons. The molecule has 1 saturated carbocycles. The quantitative estimate of drug-likeness (QED) is 0.756. The average molecular weight is 370 g/mol. The van der Waals surface area contributed by atoms with E-state index in [-0.39, 0.29) is 24.3 Å². The van der Waals surface area contributed by atoms with Gasteiger partial charge < -0.3 is 9.64 Å². The van der Waals surface area contributed by atoms with Gasteiger partial charge in [0.2, 0.25) is 5.91 Å². The summed E-state index contributed by atoms with van der Waals surface area (Å²) in [5, 5.41) is 5.69. The van der Waals surface area contributed by atoms with E-state index >= 15 is 0 Å². The molecular formula is C20H26N4O3. The van der Waals surface area contributed by atoms with Gasteiger partial charge in [-0.1, -0.05) is 0 Å². The van der Waals surface area contributed by atoms with Crippen LogP contribution in [0.2, 0.25) is 0 Å². The van der Waals surface area contributed by atoms with E-state index in [4.69, 9.17) is 4.74 Å². The highest BCUT2D eigenvalue weighted by molar-refractivity contribution is 5.85. The van der Waals surface area contributed by atoms with E-state index < -0.39 is 0 Å². The van der Waals surface area contributed by atoms with Gasteiger partial charge in [0.05, 0.1) is 18.2 Å². The Morgan fingerprint density at radius 1 is 1.30 bits per heavy atom. The second-order valence-corrected chi connectivity index (χ2v) is 7.55. The van der Waals surface area contributed by atoms with Gasteiger partial charge in [0.15, 0.2) is 5.65 Å². The summed E-state index contributed by atoms with van der Waals surface area (Å²) < 4.78 is 6.84. The van der Waals surface area contributed by atoms with Gasteiger partial charge in [-0.2, -0.15) is 5.10 Å². The Hall–Kier alpha value is -2.44. The molecule has 2 fully saturated rings. The van der Waals surface area contributed by atoms with Crippen LogP contribution in [0.15, 0.2) is 12.3 Å². The SMILES string of the molecule is CCOC(=O)C1CCCN(C(=O)Cn2nc(C)c3c(C4CC4)ccnc32)C1. The van der Waals surface area contributed by atoms with Crippen molar-refractivity contribution in [3.05, 3.63) is 23.5 Å². The molecule has 0 aromatic carbocycles. The van der Waals surface area contributed by atoms with E-state index in [0.717, 1.165) is 29.6 Å². The fourth-order valence-electron chi connectivity index (χ4n) is 4.04. The molecule has 0 bridgehead atoms. The van der Waals surface area contributed by atoms with Gasteiger partial charge in [-0.3, -0.25) is 9.59 Å². The van der Waals surface area contributed by atoms with Crippen LogP contribution >= 0.6 is 0 Å². The molecule has 0 spiro atoms. The first-order valence-corrected chi connectivity index (χ1v) is 9.85. The van der Waals surface area contributed by atoms with Crippen molar-refractivity contribution in [1.82, 2.24) is 19.7 Å². The number of carbonyl (C=O) groups is 2. The molecule has 1 atom stereocenters. The topological polar surface area (TPSA) is 77.3 Å². The summed E-state index contributed by atoms with van der Waals surface area (Å²) >= 11 is 0. The summed E-state index contributed by atoms with van der Waals surface area (Å²) in [6.45, 7) is 5.41. The fraction of sp³-hybridized carbons (Fsp3) is 0.600. The minimum atomic E-state index is -0.224. The third kappa shape index (κ3) is 3.55. The maximum atomic E-state index is 12.9. The number of aryl methyl sites for hydroxylation is 1. The van der Waals surface area contributed by atoms with Gasteiger partial charge in [-0.05, 0) is 57.1 Å². The van der Waals surface area contributed by atoms with Gasteiger partial charge in [-0.15, -0.1) is 0 Å². The molecule has 4 rings (SSSR count). The third-order valence-corrected chi connectivity index (χ3v) is 5.54. The zero-order valence-corrected chi connectivity index (χ0v) is 16.0. The predicted octanol–water partition coefficient (Wildman–Crippen LogP) is 2.42. The Balaban J connectivity index is 1.51. The monoisotopic (exact) mass is 370 g/mol. The molecule has 1 amide bonds. The number of fused-ring (bicyclic) bond motifs is 1. The van der Waals surface area contributed by atoms with Crippen molar-refractivity contribution in [2.24, 2.45) is 5.92 Å². The molecule has 1 aliphatic heterocycles. The van der Waals surface area contributed by atoms with E-state index in [1.54, 1.807) is 16.5 Å². The number of amides is 1. The van der Waals surface area contributed by atoms with Crippen molar-refractivity contribution in [2.45, 2.75) is 52.0 Å². The Kier molecular flexibility index (Phi) is 4.85. The zero-order chi connectivity index (χ0) is 19.0. The van der Waals surface area contributed by atoms with Crippen LogP contribution in [-0.2, 0) is 20.9 Å². The zero-order valence-electron chi connectivity index (χ0n) is 16.0. The fourth-order valence-corrected chi connectivity index (χ4v) is 4.04. The Labute approximate surface area is 158 Å². The van der Waals surface area contributed by atoms with Gasteiger partial charge in [0.1, 0.15) is 6.54 Å². The maximum Gasteiger partial charge on any atom is 0.310 e. The first-order chi connectivity index (χ1) is 13.1.